The van der Waals surface area contributed by atoms with E-state index in [4.69, 9.17) is 21.1 Å². The smallest absolute Gasteiger partial charge is 0.410 e. The maximum absolute atomic E-state index is 13.8. The molecule has 38 heavy (non-hydrogen) atoms. The van der Waals surface area contributed by atoms with Crippen LogP contribution in [0, 0.1) is 0 Å². The summed E-state index contributed by atoms with van der Waals surface area (Å²) in [6.07, 6.45) is 2.85. The van der Waals surface area contributed by atoms with Gasteiger partial charge in [-0.15, -0.1) is 0 Å². The van der Waals surface area contributed by atoms with Crippen molar-refractivity contribution in [3.63, 3.8) is 0 Å². The van der Waals surface area contributed by atoms with Crippen molar-refractivity contribution in [3.05, 3.63) is 64.7 Å². The lowest BCUT2D eigenvalue weighted by Gasteiger charge is -2.47. The van der Waals surface area contributed by atoms with Crippen LogP contribution < -0.4 is 4.74 Å². The second-order valence-corrected chi connectivity index (χ2v) is 11.3. The average Bonchev–Trinajstić information content (AvgIpc) is 3.34. The summed E-state index contributed by atoms with van der Waals surface area (Å²) < 4.78 is 11.0. The number of carbonyl (C=O) groups excluding carboxylic acids is 2. The first kappa shape index (κ1) is 26.0. The molecule has 2 aromatic heterocycles. The van der Waals surface area contributed by atoms with E-state index in [2.05, 4.69) is 15.0 Å². The number of hydrogen-bond donors (Lipinski definition) is 1. The van der Waals surface area contributed by atoms with E-state index < -0.39 is 11.0 Å². The number of benzene rings is 1. The number of nitrogens with one attached hydrogen (secondary N) is 1. The van der Waals surface area contributed by atoms with Crippen molar-refractivity contribution in [2.24, 2.45) is 0 Å². The molecule has 1 spiro atoms. The lowest BCUT2D eigenvalue weighted by molar-refractivity contribution is 0.00822. The molecule has 1 saturated heterocycles. The highest BCUT2D eigenvalue weighted by molar-refractivity contribution is 6.28. The Balaban J connectivity index is 1.53. The largest absolute Gasteiger partial charge is 0.497 e. The molecule has 1 N–H and O–H groups in total. The number of H-pyrrole nitrogens is 1. The van der Waals surface area contributed by atoms with Crippen LogP contribution in [0.4, 0.5) is 4.79 Å². The molecule has 10 heteroatoms. The first-order valence-corrected chi connectivity index (χ1v) is 13.1. The summed E-state index contributed by atoms with van der Waals surface area (Å²) in [5.74, 6) is 0.690. The van der Waals surface area contributed by atoms with Gasteiger partial charge in [-0.25, -0.2) is 14.8 Å². The predicted molar refractivity (Wildman–Crippen MR) is 143 cm³/mol. The van der Waals surface area contributed by atoms with E-state index in [0.29, 0.717) is 43.1 Å². The monoisotopic (exact) mass is 537 g/mol. The quantitative estimate of drug-likeness (QED) is 0.467. The van der Waals surface area contributed by atoms with Gasteiger partial charge in [0.2, 0.25) is 5.28 Å². The van der Waals surface area contributed by atoms with Crippen molar-refractivity contribution in [1.82, 2.24) is 24.8 Å². The van der Waals surface area contributed by atoms with Crippen molar-refractivity contribution < 1.29 is 19.1 Å². The first-order chi connectivity index (χ1) is 18.1. The Labute approximate surface area is 227 Å². The summed E-state index contributed by atoms with van der Waals surface area (Å²) >= 11 is 6.06. The number of halogens is 1. The number of aromatic nitrogens is 3. The number of amides is 2. The third-order valence-electron chi connectivity index (χ3n) is 7.02. The highest BCUT2D eigenvalue weighted by Crippen LogP contribution is 2.42. The highest BCUT2D eigenvalue weighted by Gasteiger charge is 2.48. The Kier molecular flexibility index (Phi) is 6.81. The van der Waals surface area contributed by atoms with Gasteiger partial charge in [-0.3, -0.25) is 4.79 Å². The first-order valence-electron chi connectivity index (χ1n) is 12.7. The van der Waals surface area contributed by atoms with Crippen LogP contribution in [0.1, 0.15) is 55.2 Å². The molecule has 1 atom stereocenters. The second kappa shape index (κ2) is 9.94. The fourth-order valence-electron chi connectivity index (χ4n) is 5.38. The number of fused-ring (bicyclic) bond motifs is 2. The predicted octanol–water partition coefficient (Wildman–Crippen LogP) is 5.06. The van der Waals surface area contributed by atoms with E-state index in [1.54, 1.807) is 24.3 Å². The van der Waals surface area contributed by atoms with Gasteiger partial charge in [0.05, 0.1) is 24.1 Å². The molecular formula is C28H32ClN5O4. The molecule has 2 aliphatic rings. The van der Waals surface area contributed by atoms with Gasteiger partial charge in [0.25, 0.3) is 5.91 Å². The van der Waals surface area contributed by atoms with Crippen LogP contribution in [-0.4, -0.2) is 69.1 Å². The third-order valence-corrected chi connectivity index (χ3v) is 7.20. The zero-order valence-corrected chi connectivity index (χ0v) is 22.8. The van der Waals surface area contributed by atoms with Crippen molar-refractivity contribution in [3.8, 4) is 17.1 Å². The Morgan fingerprint density at radius 1 is 1.18 bits per heavy atom. The van der Waals surface area contributed by atoms with Crippen LogP contribution in [0.15, 0.2) is 42.6 Å². The molecular weight excluding hydrogens is 506 g/mol. The Morgan fingerprint density at radius 3 is 2.63 bits per heavy atom. The van der Waals surface area contributed by atoms with E-state index in [1.165, 1.54) is 0 Å². The van der Waals surface area contributed by atoms with Gasteiger partial charge < -0.3 is 24.3 Å². The summed E-state index contributed by atoms with van der Waals surface area (Å²) in [7, 11) is 1.63. The van der Waals surface area contributed by atoms with Crippen LogP contribution in [0.2, 0.25) is 5.28 Å². The highest BCUT2D eigenvalue weighted by atomic mass is 35.5. The van der Waals surface area contributed by atoms with Gasteiger partial charge in [0, 0.05) is 43.5 Å². The molecule has 0 aliphatic carbocycles. The Hall–Kier alpha value is -3.59. The van der Waals surface area contributed by atoms with Crippen LogP contribution in [0.5, 0.6) is 5.75 Å². The molecule has 1 unspecified atom stereocenters. The molecule has 1 aromatic carbocycles. The zero-order chi connectivity index (χ0) is 27.1. The molecule has 0 radical (unpaired) electrons. The van der Waals surface area contributed by atoms with Crippen molar-refractivity contribution in [2.45, 2.75) is 51.2 Å². The summed E-state index contributed by atoms with van der Waals surface area (Å²) in [4.78, 5) is 42.3. The van der Waals surface area contributed by atoms with Gasteiger partial charge in [-0.1, -0.05) is 12.1 Å². The second-order valence-electron chi connectivity index (χ2n) is 11.0. The molecule has 3 aromatic rings. The van der Waals surface area contributed by atoms with Crippen LogP contribution in [-0.2, 0) is 16.7 Å². The number of ether oxygens (including phenoxy) is 2. The average molecular weight is 538 g/mol. The lowest BCUT2D eigenvalue weighted by atomic mass is 9.73. The molecule has 2 amide bonds. The summed E-state index contributed by atoms with van der Waals surface area (Å²) in [6, 6.07) is 11.3. The molecule has 5 rings (SSSR count). The number of likely N-dealkylation sites (tertiary alicyclic amines) is 1. The minimum Gasteiger partial charge on any atom is -0.497 e. The van der Waals surface area contributed by atoms with Gasteiger partial charge in [-0.2, -0.15) is 0 Å². The topological polar surface area (TPSA) is 101 Å². The molecule has 2 aliphatic heterocycles. The molecule has 1 fully saturated rings. The van der Waals surface area contributed by atoms with Gasteiger partial charge in [0.15, 0.2) is 0 Å². The van der Waals surface area contributed by atoms with Crippen LogP contribution in [0.25, 0.3) is 11.4 Å². The van der Waals surface area contributed by atoms with E-state index in [-0.39, 0.29) is 17.3 Å². The van der Waals surface area contributed by atoms with Crippen molar-refractivity contribution in [1.29, 1.82) is 0 Å². The molecule has 0 saturated carbocycles. The Bertz CT molecular complexity index is 1350. The summed E-state index contributed by atoms with van der Waals surface area (Å²) in [6.45, 7) is 7.54. The number of nitrogens with zero attached hydrogens (tertiary/aromatic N) is 4. The lowest BCUT2D eigenvalue weighted by Crippen LogP contribution is -2.58. The number of methoxy groups -OCH3 is 1. The van der Waals surface area contributed by atoms with E-state index in [1.807, 2.05) is 56.0 Å². The molecule has 0 bridgehead atoms. The van der Waals surface area contributed by atoms with Gasteiger partial charge in [0.1, 0.15) is 11.4 Å². The fraction of sp³-hybridized carbons (Fsp3) is 0.429. The van der Waals surface area contributed by atoms with Gasteiger partial charge >= 0.3 is 6.09 Å². The van der Waals surface area contributed by atoms with Crippen LogP contribution >= 0.6 is 11.6 Å². The number of hydrogen-bond acceptors (Lipinski definition) is 6. The SMILES string of the molecule is COc1ccc(CN2CC3(CCCN(C(=O)OC(C)(C)C)C3)c3[nH]c(-c4ccnc(Cl)n4)cc3C2=O)cc1. The number of aromatic amines is 1. The minimum absolute atomic E-state index is 0.0708. The summed E-state index contributed by atoms with van der Waals surface area (Å²) in [5, 5.41) is 0.131. The fourth-order valence-corrected chi connectivity index (χ4v) is 5.52. The van der Waals surface area contributed by atoms with E-state index in [0.717, 1.165) is 29.8 Å². The van der Waals surface area contributed by atoms with Gasteiger partial charge in [-0.05, 0) is 75.0 Å². The molecule has 200 valence electrons. The standard InChI is InChI=1S/C28H32ClN5O4/c1-27(2,3)38-26(36)33-13-5-11-28(16-33)17-34(15-18-6-8-19(37-4)9-7-18)24(35)20-14-22(31-23(20)28)21-10-12-30-25(29)32-21/h6-10,12,14,31H,5,11,13,15-17H2,1-4H3. The molecule has 4 heterocycles. The van der Waals surface area contributed by atoms with Crippen molar-refractivity contribution >= 4 is 23.6 Å². The van der Waals surface area contributed by atoms with E-state index >= 15 is 0 Å². The number of piperidine rings is 1. The number of rotatable bonds is 4. The van der Waals surface area contributed by atoms with E-state index in [9.17, 15) is 9.59 Å². The third kappa shape index (κ3) is 5.20. The minimum atomic E-state index is -0.596. The summed E-state index contributed by atoms with van der Waals surface area (Å²) in [5.41, 5.74) is 2.61. The number of carbonyl (C=O) groups is 2. The zero-order valence-electron chi connectivity index (χ0n) is 22.1. The maximum atomic E-state index is 13.8. The maximum Gasteiger partial charge on any atom is 0.410 e. The van der Waals surface area contributed by atoms with Crippen LogP contribution in [0.3, 0.4) is 0 Å². The van der Waals surface area contributed by atoms with Crippen molar-refractivity contribution in [2.75, 3.05) is 26.7 Å². The normalized spacial score (nSPS) is 19.4. The Morgan fingerprint density at radius 2 is 1.95 bits per heavy atom. The molecule has 9 nitrogen and oxygen atoms in total.